The number of fused-ring (bicyclic) bond motifs is 1. The van der Waals surface area contributed by atoms with Crippen molar-refractivity contribution in [2.45, 2.75) is 19.4 Å². The fraction of sp³-hybridized carbons (Fsp3) is 0.158. The predicted molar refractivity (Wildman–Crippen MR) is 85.7 cm³/mol. The van der Waals surface area contributed by atoms with E-state index in [1.54, 1.807) is 0 Å². The van der Waals surface area contributed by atoms with Gasteiger partial charge in [-0.2, -0.15) is 0 Å². The SMILES string of the molecule is Cc1cc(F)cc(C(N)Cc2ccc3ccccc3c2)c1. The summed E-state index contributed by atoms with van der Waals surface area (Å²) in [4.78, 5) is 0. The Labute approximate surface area is 124 Å². The Morgan fingerprint density at radius 2 is 1.71 bits per heavy atom. The number of aryl methyl sites for hydroxylation is 1. The summed E-state index contributed by atoms with van der Waals surface area (Å²) in [7, 11) is 0. The van der Waals surface area contributed by atoms with E-state index >= 15 is 0 Å². The van der Waals surface area contributed by atoms with Crippen molar-refractivity contribution in [2.24, 2.45) is 5.73 Å². The molecule has 0 aromatic heterocycles. The van der Waals surface area contributed by atoms with Gasteiger partial charge in [-0.05, 0) is 52.9 Å². The molecule has 1 atom stereocenters. The van der Waals surface area contributed by atoms with Crippen LogP contribution >= 0.6 is 0 Å². The largest absolute Gasteiger partial charge is 0.324 e. The van der Waals surface area contributed by atoms with Gasteiger partial charge >= 0.3 is 0 Å². The summed E-state index contributed by atoms with van der Waals surface area (Å²) < 4.78 is 13.5. The molecule has 2 N–H and O–H groups in total. The standard InChI is InChI=1S/C19H18FN/c1-13-8-17(12-18(20)9-13)19(21)11-14-6-7-15-4-2-3-5-16(15)10-14/h2-10,12,19H,11,21H2,1H3. The first-order valence-corrected chi connectivity index (χ1v) is 7.12. The molecule has 0 fully saturated rings. The van der Waals surface area contributed by atoms with Gasteiger partial charge < -0.3 is 5.73 Å². The highest BCUT2D eigenvalue weighted by molar-refractivity contribution is 5.83. The Kier molecular flexibility index (Phi) is 3.72. The average molecular weight is 279 g/mol. The lowest BCUT2D eigenvalue weighted by Gasteiger charge is -2.14. The minimum Gasteiger partial charge on any atom is -0.324 e. The second-order valence-corrected chi connectivity index (χ2v) is 5.55. The van der Waals surface area contributed by atoms with E-state index in [2.05, 4.69) is 30.3 Å². The van der Waals surface area contributed by atoms with Crippen LogP contribution < -0.4 is 5.73 Å². The molecule has 0 radical (unpaired) electrons. The highest BCUT2D eigenvalue weighted by Crippen LogP contribution is 2.21. The van der Waals surface area contributed by atoms with E-state index in [-0.39, 0.29) is 11.9 Å². The summed E-state index contributed by atoms with van der Waals surface area (Å²) >= 11 is 0. The molecule has 0 aliphatic carbocycles. The fourth-order valence-corrected chi connectivity index (χ4v) is 2.72. The van der Waals surface area contributed by atoms with Gasteiger partial charge in [0.25, 0.3) is 0 Å². The van der Waals surface area contributed by atoms with E-state index in [1.807, 2.05) is 25.1 Å². The maximum atomic E-state index is 13.5. The first-order valence-electron chi connectivity index (χ1n) is 7.12. The predicted octanol–water partition coefficient (Wildman–Crippen LogP) is 4.53. The summed E-state index contributed by atoms with van der Waals surface area (Å²) in [5.41, 5.74) is 9.16. The second-order valence-electron chi connectivity index (χ2n) is 5.55. The van der Waals surface area contributed by atoms with Gasteiger partial charge in [0, 0.05) is 6.04 Å². The molecule has 3 rings (SSSR count). The lowest BCUT2D eigenvalue weighted by molar-refractivity contribution is 0.617. The van der Waals surface area contributed by atoms with Crippen molar-refractivity contribution in [3.05, 3.63) is 83.2 Å². The summed E-state index contributed by atoms with van der Waals surface area (Å²) in [5, 5.41) is 2.43. The van der Waals surface area contributed by atoms with Crippen LogP contribution in [-0.2, 0) is 6.42 Å². The molecule has 0 heterocycles. The zero-order valence-electron chi connectivity index (χ0n) is 12.0. The van der Waals surface area contributed by atoms with Gasteiger partial charge in [0.15, 0.2) is 0 Å². The maximum Gasteiger partial charge on any atom is 0.123 e. The number of hydrogen-bond acceptors (Lipinski definition) is 1. The quantitative estimate of drug-likeness (QED) is 0.749. The molecule has 0 bridgehead atoms. The third kappa shape index (κ3) is 3.11. The molecule has 0 amide bonds. The van der Waals surface area contributed by atoms with Crippen LogP contribution in [-0.4, -0.2) is 0 Å². The molecule has 106 valence electrons. The van der Waals surface area contributed by atoms with Gasteiger partial charge in [0.05, 0.1) is 0 Å². The average Bonchev–Trinajstić information content (AvgIpc) is 2.46. The third-order valence-electron chi connectivity index (χ3n) is 3.76. The van der Waals surface area contributed by atoms with Crippen LogP contribution in [0.5, 0.6) is 0 Å². The summed E-state index contributed by atoms with van der Waals surface area (Å²) in [6.45, 7) is 1.88. The zero-order valence-corrected chi connectivity index (χ0v) is 12.0. The Bertz CT molecular complexity index is 759. The van der Waals surface area contributed by atoms with Gasteiger partial charge in [0.1, 0.15) is 5.82 Å². The molecular formula is C19H18FN. The number of nitrogens with two attached hydrogens (primary N) is 1. The van der Waals surface area contributed by atoms with Crippen LogP contribution in [0.3, 0.4) is 0 Å². The lowest BCUT2D eigenvalue weighted by Crippen LogP contribution is -2.13. The number of rotatable bonds is 3. The van der Waals surface area contributed by atoms with Gasteiger partial charge in [-0.15, -0.1) is 0 Å². The Morgan fingerprint density at radius 1 is 0.952 bits per heavy atom. The van der Waals surface area contributed by atoms with E-state index in [9.17, 15) is 4.39 Å². The van der Waals surface area contributed by atoms with E-state index in [0.717, 1.165) is 11.1 Å². The van der Waals surface area contributed by atoms with Gasteiger partial charge in [-0.1, -0.05) is 48.5 Å². The first kappa shape index (κ1) is 13.8. The molecule has 0 saturated heterocycles. The van der Waals surface area contributed by atoms with Gasteiger partial charge in [-0.25, -0.2) is 4.39 Å². The molecule has 0 aliphatic rings. The van der Waals surface area contributed by atoms with Crippen molar-refractivity contribution in [1.82, 2.24) is 0 Å². The summed E-state index contributed by atoms with van der Waals surface area (Å²) in [6, 6.07) is 19.4. The summed E-state index contributed by atoms with van der Waals surface area (Å²) in [6.07, 6.45) is 0.702. The molecule has 0 saturated carbocycles. The van der Waals surface area contributed by atoms with Crippen LogP contribution in [0, 0.1) is 12.7 Å². The lowest BCUT2D eigenvalue weighted by atomic mass is 9.96. The van der Waals surface area contributed by atoms with Gasteiger partial charge in [0.2, 0.25) is 0 Å². The Morgan fingerprint density at radius 3 is 2.48 bits per heavy atom. The molecular weight excluding hydrogens is 261 g/mol. The molecule has 1 nitrogen and oxygen atoms in total. The Hall–Kier alpha value is -2.19. The highest BCUT2D eigenvalue weighted by atomic mass is 19.1. The van der Waals surface area contributed by atoms with Gasteiger partial charge in [-0.3, -0.25) is 0 Å². The van der Waals surface area contributed by atoms with Crippen molar-refractivity contribution < 1.29 is 4.39 Å². The van der Waals surface area contributed by atoms with E-state index in [1.165, 1.54) is 28.5 Å². The number of halogens is 1. The fourth-order valence-electron chi connectivity index (χ4n) is 2.72. The number of hydrogen-bond donors (Lipinski definition) is 1. The topological polar surface area (TPSA) is 26.0 Å². The van der Waals surface area contributed by atoms with E-state index in [4.69, 9.17) is 5.73 Å². The molecule has 2 heteroatoms. The van der Waals surface area contributed by atoms with Crippen molar-refractivity contribution in [1.29, 1.82) is 0 Å². The Balaban J connectivity index is 1.86. The molecule has 1 unspecified atom stereocenters. The van der Waals surface area contributed by atoms with Crippen LogP contribution in [0.4, 0.5) is 4.39 Å². The van der Waals surface area contributed by atoms with E-state index < -0.39 is 0 Å². The van der Waals surface area contributed by atoms with Crippen LogP contribution in [0.1, 0.15) is 22.7 Å². The second kappa shape index (κ2) is 5.66. The molecule has 21 heavy (non-hydrogen) atoms. The third-order valence-corrected chi connectivity index (χ3v) is 3.76. The summed E-state index contributed by atoms with van der Waals surface area (Å²) in [5.74, 6) is -0.223. The van der Waals surface area contributed by atoms with Crippen LogP contribution in [0.15, 0.2) is 60.7 Å². The van der Waals surface area contributed by atoms with Crippen LogP contribution in [0.25, 0.3) is 10.8 Å². The molecule has 0 aliphatic heterocycles. The van der Waals surface area contributed by atoms with Crippen molar-refractivity contribution in [3.8, 4) is 0 Å². The monoisotopic (exact) mass is 279 g/mol. The normalized spacial score (nSPS) is 12.5. The van der Waals surface area contributed by atoms with Crippen molar-refractivity contribution in [2.75, 3.05) is 0 Å². The zero-order chi connectivity index (χ0) is 14.8. The molecule has 0 spiro atoms. The first-order chi connectivity index (χ1) is 10.1. The molecule has 3 aromatic rings. The smallest absolute Gasteiger partial charge is 0.123 e. The minimum absolute atomic E-state index is 0.194. The maximum absolute atomic E-state index is 13.5. The van der Waals surface area contributed by atoms with E-state index in [0.29, 0.717) is 6.42 Å². The van der Waals surface area contributed by atoms with Crippen molar-refractivity contribution >= 4 is 10.8 Å². The molecule has 3 aromatic carbocycles. The van der Waals surface area contributed by atoms with Crippen molar-refractivity contribution in [3.63, 3.8) is 0 Å². The van der Waals surface area contributed by atoms with Crippen LogP contribution in [0.2, 0.25) is 0 Å². The number of benzene rings is 3. The minimum atomic E-state index is -0.223. The highest BCUT2D eigenvalue weighted by Gasteiger charge is 2.09.